The van der Waals surface area contributed by atoms with Crippen LogP contribution in [-0.4, -0.2) is 48.2 Å². The van der Waals surface area contributed by atoms with Crippen LogP contribution < -0.4 is 5.01 Å². The molecule has 134 valence electrons. The normalized spacial score (nSPS) is 23.4. The van der Waals surface area contributed by atoms with Gasteiger partial charge in [-0.15, -0.1) is 0 Å². The Hall–Kier alpha value is -2.37. The smallest absolute Gasteiger partial charge is 0.354 e. The fraction of sp³-hybridized carbons (Fsp3) is 0.526. The van der Waals surface area contributed by atoms with Gasteiger partial charge >= 0.3 is 5.97 Å². The molecule has 0 radical (unpaired) electrons. The van der Waals surface area contributed by atoms with Gasteiger partial charge in [-0.2, -0.15) is 5.10 Å². The number of hydrogen-bond donors (Lipinski definition) is 0. The molecule has 0 aromatic heterocycles. The number of likely N-dealkylation sites (tertiary alicyclic amines) is 1. The monoisotopic (exact) mass is 343 g/mol. The first-order valence-corrected chi connectivity index (χ1v) is 8.97. The summed E-state index contributed by atoms with van der Waals surface area (Å²) in [5.74, 6) is 0.110. The van der Waals surface area contributed by atoms with E-state index in [2.05, 4.69) is 12.0 Å². The van der Waals surface area contributed by atoms with Crippen LogP contribution in [0.2, 0.25) is 0 Å². The van der Waals surface area contributed by atoms with E-state index < -0.39 is 12.0 Å². The van der Waals surface area contributed by atoms with Crippen LogP contribution >= 0.6 is 0 Å². The van der Waals surface area contributed by atoms with E-state index in [0.29, 0.717) is 18.2 Å². The molecular formula is C19H25N3O3. The van der Waals surface area contributed by atoms with Gasteiger partial charge in [-0.1, -0.05) is 25.1 Å². The summed E-state index contributed by atoms with van der Waals surface area (Å²) >= 11 is 0. The van der Waals surface area contributed by atoms with E-state index in [-0.39, 0.29) is 12.3 Å². The molecule has 0 unspecified atom stereocenters. The fourth-order valence-electron chi connectivity index (χ4n) is 3.46. The summed E-state index contributed by atoms with van der Waals surface area (Å²) < 4.78 is 5.08. The maximum atomic E-state index is 13.1. The first kappa shape index (κ1) is 17.5. The Morgan fingerprint density at radius 3 is 2.72 bits per heavy atom. The number of rotatable bonds is 4. The van der Waals surface area contributed by atoms with Crippen molar-refractivity contribution in [2.75, 3.05) is 24.7 Å². The number of carbonyl (C=O) groups excluding carboxylic acids is 2. The van der Waals surface area contributed by atoms with Crippen molar-refractivity contribution < 1.29 is 14.3 Å². The SMILES string of the molecule is CCOC(=O)C1=NN(c2ccccc2)[C@H](C(=O)N2CCC[C@H](C)C2)C1. The van der Waals surface area contributed by atoms with Crippen LogP contribution in [0.4, 0.5) is 5.69 Å². The lowest BCUT2D eigenvalue weighted by molar-refractivity contribution is -0.135. The van der Waals surface area contributed by atoms with Crippen molar-refractivity contribution in [2.24, 2.45) is 11.0 Å². The third-order valence-corrected chi connectivity index (χ3v) is 4.70. The largest absolute Gasteiger partial charge is 0.461 e. The van der Waals surface area contributed by atoms with Gasteiger partial charge < -0.3 is 9.64 Å². The van der Waals surface area contributed by atoms with Crippen LogP contribution in [0.5, 0.6) is 0 Å². The number of nitrogens with zero attached hydrogens (tertiary/aromatic N) is 3. The second-order valence-electron chi connectivity index (χ2n) is 6.70. The molecule has 1 fully saturated rings. The summed E-state index contributed by atoms with van der Waals surface area (Å²) in [6, 6.07) is 9.04. The lowest BCUT2D eigenvalue weighted by atomic mass is 9.99. The molecule has 0 bridgehead atoms. The van der Waals surface area contributed by atoms with Crippen LogP contribution in [0.25, 0.3) is 0 Å². The molecule has 25 heavy (non-hydrogen) atoms. The number of ether oxygens (including phenoxy) is 1. The van der Waals surface area contributed by atoms with Crippen LogP contribution in [0.3, 0.4) is 0 Å². The van der Waals surface area contributed by atoms with Gasteiger partial charge in [0.2, 0.25) is 5.91 Å². The number of hydrogen-bond acceptors (Lipinski definition) is 5. The Bertz CT molecular complexity index is 659. The Morgan fingerprint density at radius 1 is 1.28 bits per heavy atom. The van der Waals surface area contributed by atoms with E-state index in [4.69, 9.17) is 4.74 Å². The van der Waals surface area contributed by atoms with Crippen molar-refractivity contribution >= 4 is 23.3 Å². The van der Waals surface area contributed by atoms with Crippen molar-refractivity contribution in [3.63, 3.8) is 0 Å². The minimum atomic E-state index is -0.480. The minimum Gasteiger partial charge on any atom is -0.461 e. The summed E-state index contributed by atoms with van der Waals surface area (Å²) in [5.41, 5.74) is 1.12. The number of para-hydroxylation sites is 1. The molecule has 0 aliphatic carbocycles. The van der Waals surface area contributed by atoms with Gasteiger partial charge in [0.05, 0.1) is 12.3 Å². The summed E-state index contributed by atoms with van der Waals surface area (Å²) in [5, 5.41) is 6.10. The standard InChI is InChI=1S/C19H25N3O3/c1-3-25-19(24)16-12-17(18(23)21-11-7-8-14(2)13-21)22(20-16)15-9-5-4-6-10-15/h4-6,9-10,14,17H,3,7-8,11-13H2,1-2H3/t14-,17-/m0/s1. The first-order valence-electron chi connectivity index (χ1n) is 8.97. The molecule has 3 rings (SSSR count). The van der Waals surface area contributed by atoms with E-state index in [0.717, 1.165) is 31.6 Å². The van der Waals surface area contributed by atoms with Crippen LogP contribution in [-0.2, 0) is 14.3 Å². The predicted molar refractivity (Wildman–Crippen MR) is 96.4 cm³/mol. The fourth-order valence-corrected chi connectivity index (χ4v) is 3.46. The van der Waals surface area contributed by atoms with E-state index >= 15 is 0 Å². The average molecular weight is 343 g/mol. The number of amides is 1. The number of hydrazone groups is 1. The minimum absolute atomic E-state index is 0.0402. The van der Waals surface area contributed by atoms with Gasteiger partial charge in [0.25, 0.3) is 0 Å². The predicted octanol–water partition coefficient (Wildman–Crippen LogP) is 2.44. The van der Waals surface area contributed by atoms with Crippen LogP contribution in [0, 0.1) is 5.92 Å². The van der Waals surface area contributed by atoms with Gasteiger partial charge in [-0.05, 0) is 37.8 Å². The molecule has 2 aliphatic rings. The molecular weight excluding hydrogens is 318 g/mol. The summed E-state index contributed by atoms with van der Waals surface area (Å²) in [6.07, 6.45) is 2.47. The number of anilines is 1. The van der Waals surface area contributed by atoms with Gasteiger partial charge in [-0.25, -0.2) is 4.79 Å². The first-order chi connectivity index (χ1) is 12.1. The zero-order valence-electron chi connectivity index (χ0n) is 14.9. The Kier molecular flexibility index (Phi) is 5.36. The molecule has 6 nitrogen and oxygen atoms in total. The lowest BCUT2D eigenvalue weighted by Gasteiger charge is -2.34. The number of piperidine rings is 1. The molecule has 6 heteroatoms. The summed E-state index contributed by atoms with van der Waals surface area (Å²) in [6.45, 7) is 5.78. The second-order valence-corrected chi connectivity index (χ2v) is 6.70. The molecule has 2 atom stereocenters. The van der Waals surface area contributed by atoms with Gasteiger partial charge in [0, 0.05) is 19.5 Å². The maximum Gasteiger partial charge on any atom is 0.354 e. The van der Waals surface area contributed by atoms with Gasteiger partial charge in [-0.3, -0.25) is 9.80 Å². The highest BCUT2D eigenvalue weighted by atomic mass is 16.5. The Morgan fingerprint density at radius 2 is 2.04 bits per heavy atom. The lowest BCUT2D eigenvalue weighted by Crippen LogP contribution is -2.48. The third-order valence-electron chi connectivity index (χ3n) is 4.70. The highest BCUT2D eigenvalue weighted by Crippen LogP contribution is 2.27. The van der Waals surface area contributed by atoms with Crippen molar-refractivity contribution in [1.29, 1.82) is 0 Å². The zero-order valence-corrected chi connectivity index (χ0v) is 14.9. The quantitative estimate of drug-likeness (QED) is 0.788. The van der Waals surface area contributed by atoms with Crippen molar-refractivity contribution in [2.45, 2.75) is 39.2 Å². The second kappa shape index (κ2) is 7.68. The molecule has 0 saturated carbocycles. The molecule has 1 aromatic carbocycles. The zero-order chi connectivity index (χ0) is 17.8. The highest BCUT2D eigenvalue weighted by molar-refractivity contribution is 6.38. The average Bonchev–Trinajstić information content (AvgIpc) is 3.07. The maximum absolute atomic E-state index is 13.1. The van der Waals surface area contributed by atoms with Gasteiger partial charge in [0.1, 0.15) is 11.8 Å². The Balaban J connectivity index is 1.83. The summed E-state index contributed by atoms with van der Waals surface area (Å²) in [4.78, 5) is 27.1. The van der Waals surface area contributed by atoms with Crippen molar-refractivity contribution in [1.82, 2.24) is 4.90 Å². The van der Waals surface area contributed by atoms with Gasteiger partial charge in [0.15, 0.2) is 0 Å². The molecule has 0 N–H and O–H groups in total. The Labute approximate surface area is 148 Å². The number of esters is 1. The van der Waals surface area contributed by atoms with E-state index in [9.17, 15) is 9.59 Å². The van der Waals surface area contributed by atoms with Crippen molar-refractivity contribution in [3.8, 4) is 0 Å². The van der Waals surface area contributed by atoms with Crippen LogP contribution in [0.1, 0.15) is 33.1 Å². The molecule has 1 amide bonds. The van der Waals surface area contributed by atoms with E-state index in [1.807, 2.05) is 35.2 Å². The highest BCUT2D eigenvalue weighted by Gasteiger charge is 2.39. The van der Waals surface area contributed by atoms with Crippen molar-refractivity contribution in [3.05, 3.63) is 30.3 Å². The number of benzene rings is 1. The molecule has 1 aromatic rings. The van der Waals surface area contributed by atoms with Crippen LogP contribution in [0.15, 0.2) is 35.4 Å². The summed E-state index contributed by atoms with van der Waals surface area (Å²) in [7, 11) is 0. The topological polar surface area (TPSA) is 62.2 Å². The number of carbonyl (C=O) groups is 2. The third kappa shape index (κ3) is 3.83. The molecule has 2 heterocycles. The molecule has 0 spiro atoms. The molecule has 1 saturated heterocycles. The van der Waals surface area contributed by atoms with E-state index in [1.165, 1.54) is 0 Å². The van der Waals surface area contributed by atoms with E-state index in [1.54, 1.807) is 11.9 Å². The molecule has 2 aliphatic heterocycles.